The first-order valence-corrected chi connectivity index (χ1v) is 23.4. The average Bonchev–Trinajstić information content (AvgIpc) is 3.68. The van der Waals surface area contributed by atoms with Crippen molar-refractivity contribution in [2.45, 2.75) is 104 Å². The number of hydrogen-bond donors (Lipinski definition) is 1. The Morgan fingerprint density at radius 1 is 0.952 bits per heavy atom. The first kappa shape index (κ1) is 43.4. The summed E-state index contributed by atoms with van der Waals surface area (Å²) in [6, 6.07) is 11.7. The zero-order valence-corrected chi connectivity index (χ0v) is 38.3. The van der Waals surface area contributed by atoms with Crippen molar-refractivity contribution in [3.63, 3.8) is 0 Å². The maximum absolute atomic E-state index is 13.5. The highest BCUT2D eigenvalue weighted by molar-refractivity contribution is 6.31. The molecule has 63 heavy (non-hydrogen) atoms. The molecule has 9 rings (SSSR count). The summed E-state index contributed by atoms with van der Waals surface area (Å²) >= 11 is 6.27. The molecular weight excluding hydrogens is 814 g/mol. The smallest absolute Gasteiger partial charge is 0.254 e. The Kier molecular flexibility index (Phi) is 12.4. The van der Waals surface area contributed by atoms with Crippen LogP contribution >= 0.6 is 11.6 Å². The molecule has 334 valence electrons. The molecule has 1 aliphatic carbocycles. The molecule has 7 heterocycles. The van der Waals surface area contributed by atoms with Gasteiger partial charge in [-0.2, -0.15) is 10.4 Å². The Labute approximate surface area is 376 Å². The lowest BCUT2D eigenvalue weighted by atomic mass is 9.49. The third-order valence-corrected chi connectivity index (χ3v) is 14.8. The molecule has 1 amide bonds. The van der Waals surface area contributed by atoms with Crippen LogP contribution in [-0.2, 0) is 24.1 Å². The second-order valence-corrected chi connectivity index (χ2v) is 19.8. The molecule has 15 heteroatoms. The number of nitrogens with zero attached hydrogens (tertiary/aromatic N) is 10. The zero-order chi connectivity index (χ0) is 43.9. The summed E-state index contributed by atoms with van der Waals surface area (Å²) in [5.74, 6) is 2.83. The van der Waals surface area contributed by atoms with Crippen molar-refractivity contribution in [3.8, 4) is 11.8 Å². The van der Waals surface area contributed by atoms with Gasteiger partial charge in [-0.3, -0.25) is 19.4 Å². The average molecular weight is 877 g/mol. The number of fused-ring (bicyclic) bond motifs is 2. The topological polar surface area (TPSA) is 141 Å². The SMILES string of the molecule is CCOCN1CCc2c(c(N3CCCc4ncccc43)nn2C2CCN(CC3CCN(c4ncc(C(=O)NC5C(C)(C)C(Oc6ccc(C#N)c(Cl)c6)C5(C)C)cn4)CC3)CC2)C1. The fraction of sp³-hybridized carbons (Fsp3) is 0.583. The van der Waals surface area contributed by atoms with E-state index >= 15 is 0 Å². The van der Waals surface area contributed by atoms with E-state index in [2.05, 4.69) is 92.4 Å². The third-order valence-electron chi connectivity index (χ3n) is 14.5. The van der Waals surface area contributed by atoms with E-state index in [0.29, 0.717) is 46.5 Å². The second kappa shape index (κ2) is 18.0. The number of ether oxygens (including phenoxy) is 2. The van der Waals surface area contributed by atoms with E-state index in [1.165, 1.54) is 22.6 Å². The van der Waals surface area contributed by atoms with Gasteiger partial charge in [-0.05, 0) is 75.6 Å². The van der Waals surface area contributed by atoms with Crippen LogP contribution in [-0.4, -0.2) is 112 Å². The quantitative estimate of drug-likeness (QED) is 0.154. The van der Waals surface area contributed by atoms with Crippen LogP contribution < -0.4 is 19.9 Å². The highest BCUT2D eigenvalue weighted by Gasteiger charge is 2.64. The van der Waals surface area contributed by atoms with Crippen molar-refractivity contribution in [1.82, 2.24) is 39.8 Å². The van der Waals surface area contributed by atoms with Gasteiger partial charge in [-0.15, -0.1) is 0 Å². The van der Waals surface area contributed by atoms with Gasteiger partial charge in [0.2, 0.25) is 5.95 Å². The molecule has 0 radical (unpaired) electrons. The summed E-state index contributed by atoms with van der Waals surface area (Å²) in [5.41, 5.74) is 5.27. The van der Waals surface area contributed by atoms with Crippen LogP contribution in [0.2, 0.25) is 5.02 Å². The number of pyridine rings is 1. The summed E-state index contributed by atoms with van der Waals surface area (Å²) in [5, 5.41) is 18.3. The van der Waals surface area contributed by atoms with Crippen molar-refractivity contribution in [1.29, 1.82) is 5.26 Å². The number of benzene rings is 1. The molecule has 4 aromatic rings. The molecule has 0 unspecified atom stereocenters. The largest absolute Gasteiger partial charge is 0.489 e. The summed E-state index contributed by atoms with van der Waals surface area (Å²) in [4.78, 5) is 37.4. The number of aryl methyl sites for hydroxylation is 1. The first-order valence-electron chi connectivity index (χ1n) is 23.0. The minimum atomic E-state index is -0.365. The van der Waals surface area contributed by atoms with Crippen molar-refractivity contribution in [2.75, 3.05) is 69.0 Å². The Morgan fingerprint density at radius 2 is 1.71 bits per heavy atom. The van der Waals surface area contributed by atoms with Gasteiger partial charge >= 0.3 is 0 Å². The van der Waals surface area contributed by atoms with E-state index in [0.717, 1.165) is 110 Å². The molecule has 0 spiro atoms. The van der Waals surface area contributed by atoms with Gasteiger partial charge in [0, 0.05) is 118 Å². The van der Waals surface area contributed by atoms with Crippen LogP contribution in [0, 0.1) is 28.1 Å². The molecule has 1 saturated carbocycles. The number of rotatable bonds is 12. The van der Waals surface area contributed by atoms with Crippen LogP contribution in [0.25, 0.3) is 0 Å². The number of hydrogen-bond acceptors (Lipinski definition) is 12. The fourth-order valence-corrected chi connectivity index (χ4v) is 11.6. The summed E-state index contributed by atoms with van der Waals surface area (Å²) in [7, 11) is 0. The fourth-order valence-electron chi connectivity index (χ4n) is 11.4. The first-order chi connectivity index (χ1) is 30.4. The van der Waals surface area contributed by atoms with Gasteiger partial charge in [0.25, 0.3) is 5.91 Å². The number of halogens is 1. The van der Waals surface area contributed by atoms with Crippen LogP contribution in [0.15, 0.2) is 48.9 Å². The normalized spacial score (nSPS) is 22.7. The lowest BCUT2D eigenvalue weighted by Crippen LogP contribution is -2.74. The Morgan fingerprint density at radius 3 is 2.43 bits per heavy atom. The second-order valence-electron chi connectivity index (χ2n) is 19.4. The molecule has 14 nitrogen and oxygen atoms in total. The number of anilines is 3. The molecule has 1 N–H and O–H groups in total. The lowest BCUT2D eigenvalue weighted by Gasteiger charge is -2.63. The Balaban J connectivity index is 0.764. The van der Waals surface area contributed by atoms with Gasteiger partial charge in [-0.25, -0.2) is 9.97 Å². The van der Waals surface area contributed by atoms with Gasteiger partial charge in [0.15, 0.2) is 5.82 Å². The number of likely N-dealkylation sites (tertiary alicyclic amines) is 1. The zero-order valence-electron chi connectivity index (χ0n) is 37.5. The standard InChI is InChI=1S/C48H62ClN11O3/c1-6-62-31-57-22-17-40-37(30-57)42(59-19-8-9-39-41(59)10-7-18-51-39)55-60(40)35-15-20-56(21-16-35)29-32-13-23-58(24-14-32)46-52-27-34(28-53-46)43(61)54-44-47(2,3)45(48(44,4)5)63-36-12-11-33(26-50)38(49)25-36/h7,10-12,18,25,27-28,32,35,44-45H,6,8-9,13-17,19-24,29-31H2,1-5H3,(H,54,61). The minimum absolute atomic E-state index is 0.150. The van der Waals surface area contributed by atoms with Crippen LogP contribution in [0.1, 0.15) is 106 Å². The molecule has 2 saturated heterocycles. The molecular formula is C48H62ClN11O3. The maximum atomic E-state index is 13.5. The molecule has 0 bridgehead atoms. The maximum Gasteiger partial charge on any atom is 0.254 e. The van der Waals surface area contributed by atoms with E-state index < -0.39 is 0 Å². The molecule has 1 aromatic carbocycles. The van der Waals surface area contributed by atoms with Gasteiger partial charge < -0.3 is 29.5 Å². The van der Waals surface area contributed by atoms with Gasteiger partial charge in [-0.1, -0.05) is 39.3 Å². The van der Waals surface area contributed by atoms with Crippen molar-refractivity contribution in [2.24, 2.45) is 16.7 Å². The Bertz CT molecular complexity index is 2290. The van der Waals surface area contributed by atoms with Crippen molar-refractivity contribution in [3.05, 3.63) is 82.0 Å². The summed E-state index contributed by atoms with van der Waals surface area (Å²) < 4.78 is 14.7. The van der Waals surface area contributed by atoms with Crippen LogP contribution in [0.3, 0.4) is 0 Å². The molecule has 3 aromatic heterocycles. The number of nitriles is 1. The Hall–Kier alpha value is -4.81. The highest BCUT2D eigenvalue weighted by Crippen LogP contribution is 2.55. The van der Waals surface area contributed by atoms with E-state index in [4.69, 9.17) is 31.2 Å². The summed E-state index contributed by atoms with van der Waals surface area (Å²) in [6.07, 6.45) is 12.5. The summed E-state index contributed by atoms with van der Waals surface area (Å²) in [6.45, 7) is 19.8. The van der Waals surface area contributed by atoms with Gasteiger partial charge in [0.1, 0.15) is 17.9 Å². The number of nitrogens with one attached hydrogen (secondary N) is 1. The van der Waals surface area contributed by atoms with Crippen LogP contribution in [0.5, 0.6) is 5.75 Å². The number of piperidine rings is 2. The van der Waals surface area contributed by atoms with E-state index in [9.17, 15) is 10.1 Å². The predicted molar refractivity (Wildman–Crippen MR) is 243 cm³/mol. The van der Waals surface area contributed by atoms with Crippen molar-refractivity contribution >= 4 is 35.0 Å². The minimum Gasteiger partial charge on any atom is -0.489 e. The molecule has 3 fully saturated rings. The molecule has 4 aliphatic heterocycles. The van der Waals surface area contributed by atoms with Crippen molar-refractivity contribution < 1.29 is 14.3 Å². The highest BCUT2D eigenvalue weighted by atomic mass is 35.5. The predicted octanol–water partition coefficient (Wildman–Crippen LogP) is 7.20. The number of carbonyl (C=O) groups is 1. The molecule has 0 atom stereocenters. The van der Waals surface area contributed by atoms with Gasteiger partial charge in [0.05, 0.1) is 40.3 Å². The number of carbonyl (C=O) groups excluding carboxylic acids is 1. The number of aromatic nitrogens is 5. The third kappa shape index (κ3) is 8.62. The van der Waals surface area contributed by atoms with E-state index in [1.54, 1.807) is 30.6 Å². The lowest BCUT2D eigenvalue weighted by molar-refractivity contribution is -0.164. The van der Waals surface area contributed by atoms with E-state index in [-0.39, 0.29) is 28.9 Å². The van der Waals surface area contributed by atoms with E-state index in [1.807, 2.05) is 6.20 Å². The van der Waals surface area contributed by atoms with Crippen LogP contribution in [0.4, 0.5) is 17.5 Å². The number of amides is 1. The monoisotopic (exact) mass is 875 g/mol. The molecule has 5 aliphatic rings.